The van der Waals surface area contributed by atoms with E-state index in [4.69, 9.17) is 43.9 Å². The fraction of sp³-hybridized carbons (Fsp3) is 0.627. The zero-order valence-corrected chi connectivity index (χ0v) is 75.6. The second-order valence-corrected chi connectivity index (χ2v) is 33.1. The minimum absolute atomic E-state index is 0.0277. The summed E-state index contributed by atoms with van der Waals surface area (Å²) in [6, 6.07) is -14.9. The number of aliphatic carboxylic acids is 3. The monoisotopic (exact) mass is 1880 g/mol. The number of nitrogens with one attached hydrogen (secondary N) is 7. The molecule has 0 saturated carbocycles. The lowest BCUT2D eigenvalue weighted by atomic mass is 9.99. The fourth-order valence-corrected chi connectivity index (χ4v) is 13.8. The number of guanidine groups is 2. The van der Waals surface area contributed by atoms with E-state index in [0.29, 0.717) is 24.1 Å². The molecule has 32 N–H and O–H groups in total. The van der Waals surface area contributed by atoms with Crippen LogP contribution in [0.25, 0.3) is 0 Å². The summed E-state index contributed by atoms with van der Waals surface area (Å²) in [7, 11) is 0. The highest BCUT2D eigenvalue weighted by atomic mass is 16.4. The van der Waals surface area contributed by atoms with E-state index in [2.05, 4.69) is 85.5 Å². The summed E-state index contributed by atoms with van der Waals surface area (Å²) < 4.78 is 0. The van der Waals surface area contributed by atoms with Gasteiger partial charge in [0.05, 0.1) is 31.8 Å². The number of carbonyl (C=O) groups excluding carboxylic acids is 2. The summed E-state index contributed by atoms with van der Waals surface area (Å²) in [5.41, 5.74) is 17.6. The minimum Gasteiger partial charge on any atom is -0.497 e. The van der Waals surface area contributed by atoms with E-state index >= 15 is 0 Å². The van der Waals surface area contributed by atoms with Crippen LogP contribution in [0.1, 0.15) is 176 Å². The van der Waals surface area contributed by atoms with Crippen molar-refractivity contribution in [2.24, 2.45) is 106 Å². The zero-order valence-electron chi connectivity index (χ0n) is 75.6. The Morgan fingerprint density at radius 3 is 1.47 bits per heavy atom. The molecule has 50 nitrogen and oxygen atoms in total. The Balaban J connectivity index is 1.80. The number of nitrogens with two attached hydrogens (primary N) is 3. The predicted octanol–water partition coefficient (Wildman–Crippen LogP) is 5.34. The molecule has 2 fully saturated rings. The van der Waals surface area contributed by atoms with Crippen LogP contribution in [0.5, 0.6) is 0 Å². The van der Waals surface area contributed by atoms with Crippen LogP contribution in [0.3, 0.4) is 0 Å². The number of amides is 2. The molecule has 0 spiro atoms. The van der Waals surface area contributed by atoms with Gasteiger partial charge in [-0.2, -0.15) is 0 Å². The summed E-state index contributed by atoms with van der Waals surface area (Å²) in [6.45, 7) is 11.6. The third-order valence-corrected chi connectivity index (χ3v) is 20.9. The van der Waals surface area contributed by atoms with Gasteiger partial charge in [-0.15, -0.1) is 0 Å². The van der Waals surface area contributed by atoms with Crippen molar-refractivity contribution >= 4 is 130 Å². The smallest absolute Gasteiger partial charge is 0.326 e. The first-order valence-electron chi connectivity index (χ1n) is 43.4. The Morgan fingerprint density at radius 1 is 0.489 bits per heavy atom. The number of aliphatic hydroxyl groups is 16. The first kappa shape index (κ1) is 112. The van der Waals surface area contributed by atoms with Crippen LogP contribution >= 0.6 is 0 Å². The SMILES string of the molecule is CC[C@H](C)C(N=C(O)C(CO)N=C(O)C(CCC(=N)O)N=C(O)C(CC(=O)O)N=C(O)C(CC(C)C)N=C(O)C(Cc1cnc[nH]1)N=C(O)C(N=C(O)[C@@H]1CCCN1C(=O)C(CC(C)C)N=C(O)CN=C(O)C(CC(=N)O)N=C(O)[C@@H](N)CCC(=O)O)C(C)C)C(O)=NC(Cc1ccccc1)C(O)=NC(CCCNC(=N)N)C(O)=NC(CCCNC(=N)N)C(=O)N1CCC[C@H]1C(=O)O. The molecule has 0 radical (unpaired) electrons. The molecule has 2 saturated heterocycles. The number of aromatic amines is 1. The van der Waals surface area contributed by atoms with E-state index in [-0.39, 0.29) is 115 Å². The number of aliphatic hydroxyl groups excluding tert-OH is 16. The number of benzene rings is 1. The molecular weight excluding hydrogens is 1750 g/mol. The molecule has 1 aromatic carbocycles. The molecule has 16 atom stereocenters. The summed E-state index contributed by atoms with van der Waals surface area (Å²) >= 11 is 0. The van der Waals surface area contributed by atoms with E-state index in [1.807, 2.05) is 0 Å². The van der Waals surface area contributed by atoms with Crippen LogP contribution in [-0.4, -0.2) is 377 Å². The maximum atomic E-state index is 14.5. The summed E-state index contributed by atoms with van der Waals surface area (Å²) in [6.07, 6.45) is -0.677. The van der Waals surface area contributed by atoms with Gasteiger partial charge in [-0.05, 0) is 106 Å². The molecule has 738 valence electrons. The number of hydrogen-bond acceptors (Lipinski definition) is 25. The van der Waals surface area contributed by atoms with Crippen molar-refractivity contribution in [3.05, 3.63) is 54.1 Å². The highest BCUT2D eigenvalue weighted by Crippen LogP contribution is 2.27. The number of hydrogen-bond donors (Lipinski definition) is 29. The molecule has 2 aromatic rings. The number of imidazole rings is 1. The molecule has 2 aliphatic rings. The third-order valence-electron chi connectivity index (χ3n) is 20.9. The summed E-state index contributed by atoms with van der Waals surface area (Å²) in [5, 5.41) is 247. The molecule has 12 unspecified atom stereocenters. The number of aliphatic imine (C=N–C) groups is 13. The van der Waals surface area contributed by atoms with E-state index < -0.39 is 278 Å². The first-order valence-corrected chi connectivity index (χ1v) is 43.4. The largest absolute Gasteiger partial charge is 0.497 e. The van der Waals surface area contributed by atoms with Crippen molar-refractivity contribution in [3.63, 3.8) is 0 Å². The lowest BCUT2D eigenvalue weighted by Gasteiger charge is -2.28. The van der Waals surface area contributed by atoms with E-state index in [9.17, 15) is 116 Å². The van der Waals surface area contributed by atoms with Crippen LogP contribution in [0.15, 0.2) is 108 Å². The third kappa shape index (κ3) is 39.1. The molecule has 133 heavy (non-hydrogen) atoms. The topological polar surface area (TPSA) is 863 Å². The minimum atomic E-state index is -2.08. The van der Waals surface area contributed by atoms with Gasteiger partial charge in [-0.25, -0.2) is 74.7 Å². The van der Waals surface area contributed by atoms with Crippen LogP contribution in [0.2, 0.25) is 0 Å². The quantitative estimate of drug-likeness (QED) is 0.0226. The van der Waals surface area contributed by atoms with Gasteiger partial charge in [-0.1, -0.05) is 92.1 Å². The van der Waals surface area contributed by atoms with Crippen molar-refractivity contribution in [1.29, 1.82) is 21.6 Å². The fourth-order valence-electron chi connectivity index (χ4n) is 13.8. The number of aromatic nitrogens is 2. The Kier molecular flexibility index (Phi) is 47.1. The Labute approximate surface area is 767 Å². The van der Waals surface area contributed by atoms with E-state index in [1.54, 1.807) is 85.7 Å². The lowest BCUT2D eigenvalue weighted by molar-refractivity contribution is -0.148. The highest BCUT2D eigenvalue weighted by Gasteiger charge is 2.41. The van der Waals surface area contributed by atoms with Gasteiger partial charge < -0.3 is 140 Å². The van der Waals surface area contributed by atoms with Crippen molar-refractivity contribution < 1.29 is 121 Å². The molecule has 2 amide bonds. The van der Waals surface area contributed by atoms with Gasteiger partial charge in [0.15, 0.2) is 35.7 Å². The average Bonchev–Trinajstić information content (AvgIpc) is 1.72. The molecule has 0 aliphatic carbocycles. The molecule has 4 rings (SSSR count). The number of carboxylic acids is 3. The maximum absolute atomic E-state index is 14.5. The Morgan fingerprint density at radius 2 is 0.955 bits per heavy atom. The lowest BCUT2D eigenvalue weighted by Crippen LogP contribution is -2.46. The second-order valence-electron chi connectivity index (χ2n) is 33.1. The first-order chi connectivity index (χ1) is 62.6. The van der Waals surface area contributed by atoms with Crippen LogP contribution in [-0.2, 0) is 36.8 Å². The van der Waals surface area contributed by atoms with Crippen molar-refractivity contribution in [2.45, 2.75) is 268 Å². The van der Waals surface area contributed by atoms with Crippen molar-refractivity contribution in [3.8, 4) is 0 Å². The van der Waals surface area contributed by atoms with E-state index in [1.165, 1.54) is 17.4 Å². The van der Waals surface area contributed by atoms with Crippen molar-refractivity contribution in [1.82, 2.24) is 30.4 Å². The molecule has 50 heteroatoms. The molecule has 0 bridgehead atoms. The highest BCUT2D eigenvalue weighted by molar-refractivity contribution is 5.98. The zero-order chi connectivity index (χ0) is 99.6. The van der Waals surface area contributed by atoms with E-state index in [0.717, 1.165) is 4.90 Å². The van der Waals surface area contributed by atoms with Gasteiger partial charge in [0.1, 0.15) is 85.1 Å². The number of carboxylic acid groups (broad SMARTS) is 3. The van der Waals surface area contributed by atoms with Gasteiger partial charge in [0, 0.05) is 63.8 Å². The Bertz CT molecular complexity index is 4610. The van der Waals surface area contributed by atoms with Gasteiger partial charge in [0.25, 0.3) is 0 Å². The molecular formula is C83H132N26O24. The van der Waals surface area contributed by atoms with Crippen LogP contribution in [0, 0.1) is 45.3 Å². The normalized spacial score (nSPS) is 19.2. The number of nitrogens with zero attached hydrogens (tertiary/aromatic N) is 16. The van der Waals surface area contributed by atoms with Crippen molar-refractivity contribution in [2.75, 3.05) is 39.3 Å². The van der Waals surface area contributed by atoms with Crippen LogP contribution < -0.4 is 27.8 Å². The summed E-state index contributed by atoms with van der Waals surface area (Å²) in [5.74, 6) is -22.3. The molecule has 3 heterocycles. The molecule has 1 aromatic heterocycles. The average molecular weight is 1880 g/mol. The number of carbonyl (C=O) groups is 5. The molecule has 2 aliphatic heterocycles. The number of rotatable bonds is 59. The van der Waals surface area contributed by atoms with Crippen LogP contribution in [0.4, 0.5) is 0 Å². The second kappa shape index (κ2) is 56.1. The predicted molar refractivity (Wildman–Crippen MR) is 501 cm³/mol. The van der Waals surface area contributed by atoms with Gasteiger partial charge in [-0.3, -0.25) is 40.8 Å². The number of likely N-dealkylation sites (tertiary alicyclic amines) is 2. The number of H-pyrrole nitrogens is 1. The maximum Gasteiger partial charge on any atom is 0.326 e. The summed E-state index contributed by atoms with van der Waals surface area (Å²) in [4.78, 5) is 129. The standard InChI is InChI=1S/C83H132N26O24/c1-9-44(8)66(78(129)103-52(33-45-17-11-10-12-18-45)72(123)97-48(19-13-27-92-82(87)88)69(120)99-50(20-14-28-93-83(89)90)79(130)109-30-16-22-59(109)81(132)133)107-75(126)57(39-110)105-70(121)49(24-25-60(85)111)98-74(125)55(36-64(116)117)102-71(122)51(31-41(2)3)101-73(124)53(34-46-37-91-40-95-46)104-77(128)65(43(6)7)106-76(127)58-21-15-29-108(58)80(131)56(32-42(4)5)96-62(113)38-94-68(119)54(35-61(86)112)100-67(118)47(84)23-26-63(114)115/h10-12,17-18,37,40-44,47-59,65-66,110H,9,13-16,19-36,38-39,84H2,1-8H3,(H2,85,111)(H2,86,112)(H,91,95)(H,94,119)(H,96,113)(H,97,123)(H,98,125)(H,99,120)(H,100,118)(H,101,124)(H,102,122)(H,103,129)(H,104,128)(H,105,121)(H,106,127)(H,107,126)(H,114,115)(H,116,117)(H,132,133)(H4,87,88,92)(H4,89,90,93)/t44-,47-,48?,49?,50?,51?,52?,53?,54?,55?,56?,57?,58-,59-,65?,66?/m0/s1. The Hall–Kier alpha value is -13.7. The van der Waals surface area contributed by atoms with Gasteiger partial charge in [0.2, 0.25) is 82.6 Å². The van der Waals surface area contributed by atoms with Gasteiger partial charge >= 0.3 is 17.9 Å².